The fourth-order valence-electron chi connectivity index (χ4n) is 2.07. The third-order valence-corrected chi connectivity index (χ3v) is 3.34. The van der Waals surface area contributed by atoms with Crippen LogP contribution in [-0.4, -0.2) is 30.3 Å². The number of hydrogen-bond acceptors (Lipinski definition) is 4. The van der Waals surface area contributed by atoms with E-state index in [1.54, 1.807) is 0 Å². The van der Waals surface area contributed by atoms with Gasteiger partial charge in [0.15, 0.2) is 0 Å². The van der Waals surface area contributed by atoms with E-state index in [4.69, 9.17) is 4.74 Å². The number of ether oxygens (including phenoxy) is 1. The summed E-state index contributed by atoms with van der Waals surface area (Å²) in [6.45, 7) is 0.545. The summed E-state index contributed by atoms with van der Waals surface area (Å²) >= 11 is 0. The van der Waals surface area contributed by atoms with Gasteiger partial charge in [-0.3, -0.25) is 10.1 Å². The Kier molecular flexibility index (Phi) is 6.61. The van der Waals surface area contributed by atoms with E-state index in [1.165, 1.54) is 0 Å². The molecule has 4 nitrogen and oxygen atoms in total. The van der Waals surface area contributed by atoms with E-state index in [-0.39, 0.29) is 6.61 Å². The van der Waals surface area contributed by atoms with E-state index < -0.39 is 12.0 Å². The van der Waals surface area contributed by atoms with E-state index in [2.05, 4.69) is 5.32 Å². The summed E-state index contributed by atoms with van der Waals surface area (Å²) in [5.41, 5.74) is 2.17. The maximum absolute atomic E-state index is 11.9. The van der Waals surface area contributed by atoms with Crippen LogP contribution in [0.5, 0.6) is 0 Å². The van der Waals surface area contributed by atoms with Gasteiger partial charge in [0.05, 0.1) is 13.2 Å². The van der Waals surface area contributed by atoms with Crippen LogP contribution in [-0.2, 0) is 22.5 Å². The Bertz CT molecular complexity index is 557. The average molecular weight is 299 g/mol. The Balaban J connectivity index is 1.74. The lowest BCUT2D eigenvalue weighted by Gasteiger charge is -2.15. The first-order valence-corrected chi connectivity index (χ1v) is 7.38. The lowest BCUT2D eigenvalue weighted by Crippen LogP contribution is -2.40. The predicted octanol–water partition coefficient (Wildman–Crippen LogP) is 1.92. The van der Waals surface area contributed by atoms with Gasteiger partial charge in [-0.1, -0.05) is 60.7 Å². The molecular formula is C18H21NO3. The second kappa shape index (κ2) is 8.97. The number of rotatable bonds is 8. The molecule has 0 saturated heterocycles. The van der Waals surface area contributed by atoms with Gasteiger partial charge in [-0.05, 0) is 11.1 Å². The second-order valence-electron chi connectivity index (χ2n) is 5.00. The van der Waals surface area contributed by atoms with Crippen molar-refractivity contribution in [1.82, 2.24) is 5.32 Å². The highest BCUT2D eigenvalue weighted by atomic mass is 16.5. The second-order valence-corrected chi connectivity index (χ2v) is 5.00. The van der Waals surface area contributed by atoms with Gasteiger partial charge in [-0.25, -0.2) is 0 Å². The minimum atomic E-state index is -0.698. The van der Waals surface area contributed by atoms with E-state index in [1.807, 2.05) is 60.7 Å². The molecule has 2 rings (SSSR count). The zero-order chi connectivity index (χ0) is 15.6. The number of aliphatic hydroxyl groups is 1. The molecule has 0 saturated carbocycles. The van der Waals surface area contributed by atoms with Gasteiger partial charge in [0.25, 0.3) is 0 Å². The van der Waals surface area contributed by atoms with Crippen molar-refractivity contribution in [2.24, 2.45) is 0 Å². The molecule has 0 aliphatic rings. The van der Waals surface area contributed by atoms with E-state index in [9.17, 15) is 9.90 Å². The maximum Gasteiger partial charge on any atom is 0.325 e. The van der Waals surface area contributed by atoms with Crippen molar-refractivity contribution in [3.63, 3.8) is 0 Å². The quantitative estimate of drug-likeness (QED) is 0.731. The molecule has 2 aromatic carbocycles. The van der Waals surface area contributed by atoms with E-state index in [0.29, 0.717) is 19.6 Å². The molecule has 0 heterocycles. The van der Waals surface area contributed by atoms with Crippen molar-refractivity contribution >= 4 is 5.97 Å². The standard InChI is InChI=1S/C18H21NO3/c20-14-17(19-13-16-9-5-2-6-10-16)18(21)22-12-11-15-7-3-1-4-8-15/h1-10,17,19-20H,11-14H2/t17-/m0/s1. The molecule has 0 amide bonds. The highest BCUT2D eigenvalue weighted by molar-refractivity contribution is 5.75. The van der Waals surface area contributed by atoms with Crippen molar-refractivity contribution in [2.75, 3.05) is 13.2 Å². The first-order chi connectivity index (χ1) is 10.8. The van der Waals surface area contributed by atoms with Gasteiger partial charge in [0, 0.05) is 13.0 Å². The first kappa shape index (κ1) is 16.2. The van der Waals surface area contributed by atoms with Crippen LogP contribution in [0.4, 0.5) is 0 Å². The number of esters is 1. The highest BCUT2D eigenvalue weighted by Crippen LogP contribution is 2.02. The summed E-state index contributed by atoms with van der Waals surface area (Å²) in [5.74, 6) is -0.422. The summed E-state index contributed by atoms with van der Waals surface area (Å²) in [6.07, 6.45) is 0.670. The van der Waals surface area contributed by atoms with Crippen LogP contribution in [0.2, 0.25) is 0 Å². The summed E-state index contributed by atoms with van der Waals surface area (Å²) in [5, 5.41) is 12.3. The number of benzene rings is 2. The topological polar surface area (TPSA) is 58.6 Å². The van der Waals surface area contributed by atoms with Gasteiger partial charge in [-0.15, -0.1) is 0 Å². The molecule has 1 atom stereocenters. The molecule has 0 aliphatic heterocycles. The van der Waals surface area contributed by atoms with Crippen LogP contribution in [0.1, 0.15) is 11.1 Å². The van der Waals surface area contributed by atoms with Gasteiger partial charge >= 0.3 is 5.97 Å². The molecule has 4 heteroatoms. The van der Waals surface area contributed by atoms with Crippen molar-refractivity contribution < 1.29 is 14.6 Å². The summed E-state index contributed by atoms with van der Waals surface area (Å²) in [6, 6.07) is 18.9. The molecular weight excluding hydrogens is 278 g/mol. The third-order valence-electron chi connectivity index (χ3n) is 3.34. The molecule has 0 radical (unpaired) electrons. The number of nitrogens with one attached hydrogen (secondary N) is 1. The Hall–Kier alpha value is -2.17. The Labute approximate surface area is 130 Å². The van der Waals surface area contributed by atoms with Crippen molar-refractivity contribution in [2.45, 2.75) is 19.0 Å². The first-order valence-electron chi connectivity index (χ1n) is 7.38. The molecule has 0 bridgehead atoms. The van der Waals surface area contributed by atoms with Gasteiger partial charge in [-0.2, -0.15) is 0 Å². The van der Waals surface area contributed by atoms with Crippen molar-refractivity contribution in [3.05, 3.63) is 71.8 Å². The number of carbonyl (C=O) groups is 1. The molecule has 2 aromatic rings. The Morgan fingerprint density at radius 3 is 2.18 bits per heavy atom. The lowest BCUT2D eigenvalue weighted by atomic mass is 10.2. The third kappa shape index (κ3) is 5.31. The molecule has 0 unspecified atom stereocenters. The Morgan fingerprint density at radius 2 is 1.59 bits per heavy atom. The van der Waals surface area contributed by atoms with Crippen LogP contribution >= 0.6 is 0 Å². The van der Waals surface area contributed by atoms with Crippen LogP contribution < -0.4 is 5.32 Å². The highest BCUT2D eigenvalue weighted by Gasteiger charge is 2.18. The van der Waals surface area contributed by atoms with E-state index in [0.717, 1.165) is 11.1 Å². The molecule has 116 valence electrons. The van der Waals surface area contributed by atoms with Crippen molar-refractivity contribution in [3.8, 4) is 0 Å². The molecule has 0 aliphatic carbocycles. The molecule has 0 aromatic heterocycles. The maximum atomic E-state index is 11.9. The zero-order valence-corrected chi connectivity index (χ0v) is 12.4. The van der Waals surface area contributed by atoms with Gasteiger partial charge in [0.2, 0.25) is 0 Å². The summed E-state index contributed by atoms with van der Waals surface area (Å²) in [7, 11) is 0. The number of carbonyl (C=O) groups excluding carboxylic acids is 1. The largest absolute Gasteiger partial charge is 0.464 e. The van der Waals surface area contributed by atoms with Gasteiger partial charge in [0.1, 0.15) is 6.04 Å². The fraction of sp³-hybridized carbons (Fsp3) is 0.278. The number of hydrogen-bond donors (Lipinski definition) is 2. The average Bonchev–Trinajstić information content (AvgIpc) is 2.57. The minimum absolute atomic E-state index is 0.281. The normalized spacial score (nSPS) is 11.9. The van der Waals surface area contributed by atoms with Crippen molar-refractivity contribution in [1.29, 1.82) is 0 Å². The van der Waals surface area contributed by atoms with Crippen LogP contribution in [0.3, 0.4) is 0 Å². The predicted molar refractivity (Wildman–Crippen MR) is 85.3 cm³/mol. The zero-order valence-electron chi connectivity index (χ0n) is 12.4. The number of aliphatic hydroxyl groups excluding tert-OH is 1. The smallest absolute Gasteiger partial charge is 0.325 e. The summed E-state index contributed by atoms with van der Waals surface area (Å²) < 4.78 is 5.23. The SMILES string of the molecule is O=C(OCCc1ccccc1)[C@H](CO)NCc1ccccc1. The van der Waals surface area contributed by atoms with Gasteiger partial charge < -0.3 is 9.84 Å². The van der Waals surface area contributed by atoms with Crippen LogP contribution in [0.25, 0.3) is 0 Å². The monoisotopic (exact) mass is 299 g/mol. The molecule has 0 spiro atoms. The molecule has 2 N–H and O–H groups in total. The minimum Gasteiger partial charge on any atom is -0.464 e. The van der Waals surface area contributed by atoms with Crippen LogP contribution in [0.15, 0.2) is 60.7 Å². The lowest BCUT2D eigenvalue weighted by molar-refractivity contribution is -0.147. The van der Waals surface area contributed by atoms with Crippen LogP contribution in [0, 0.1) is 0 Å². The molecule has 22 heavy (non-hydrogen) atoms. The fourth-order valence-corrected chi connectivity index (χ4v) is 2.07. The van der Waals surface area contributed by atoms with E-state index >= 15 is 0 Å². The summed E-state index contributed by atoms with van der Waals surface area (Å²) in [4.78, 5) is 11.9. The molecule has 0 fully saturated rings. The Morgan fingerprint density at radius 1 is 1.00 bits per heavy atom.